The molecule has 1 aliphatic carbocycles. The van der Waals surface area contributed by atoms with E-state index >= 15 is 0 Å². The van der Waals surface area contributed by atoms with E-state index in [9.17, 15) is 4.79 Å². The summed E-state index contributed by atoms with van der Waals surface area (Å²) in [5.41, 5.74) is 0.367. The summed E-state index contributed by atoms with van der Waals surface area (Å²) in [6.07, 6.45) is 4.05. The van der Waals surface area contributed by atoms with Gasteiger partial charge in [0, 0.05) is 25.6 Å². The molecule has 0 saturated heterocycles. The van der Waals surface area contributed by atoms with Gasteiger partial charge in [0.15, 0.2) is 0 Å². The van der Waals surface area contributed by atoms with Crippen LogP contribution in [0.25, 0.3) is 0 Å². The van der Waals surface area contributed by atoms with E-state index in [4.69, 9.17) is 5.11 Å². The number of nitrogens with one attached hydrogen (secondary N) is 2. The average Bonchev–Trinajstić information content (AvgIpc) is 2.37. The molecule has 0 aliphatic heterocycles. The number of aliphatic hydroxyl groups is 1. The fourth-order valence-corrected chi connectivity index (χ4v) is 2.95. The van der Waals surface area contributed by atoms with Crippen LogP contribution in [0.4, 0.5) is 0 Å². The Bertz CT molecular complexity index is 289. The Morgan fingerprint density at radius 1 is 1.20 bits per heavy atom. The maximum absolute atomic E-state index is 12.1. The third-order valence-corrected chi connectivity index (χ3v) is 4.36. The van der Waals surface area contributed by atoms with Gasteiger partial charge in [0.1, 0.15) is 0 Å². The maximum atomic E-state index is 12.1. The van der Waals surface area contributed by atoms with Crippen LogP contribution in [0.3, 0.4) is 0 Å². The van der Waals surface area contributed by atoms with Gasteiger partial charge < -0.3 is 15.7 Å². The van der Waals surface area contributed by atoms with E-state index < -0.39 is 0 Å². The number of hydrogen-bond donors (Lipinski definition) is 3. The van der Waals surface area contributed by atoms with Crippen molar-refractivity contribution in [3.05, 3.63) is 0 Å². The van der Waals surface area contributed by atoms with Gasteiger partial charge >= 0.3 is 0 Å². The van der Waals surface area contributed by atoms with E-state index in [0.717, 1.165) is 18.8 Å². The lowest BCUT2D eigenvalue weighted by Crippen LogP contribution is -2.39. The highest BCUT2D eigenvalue weighted by Gasteiger charge is 2.32. The summed E-state index contributed by atoms with van der Waals surface area (Å²) in [6.45, 7) is 10.6. The first-order chi connectivity index (χ1) is 9.30. The van der Waals surface area contributed by atoms with E-state index in [2.05, 4.69) is 31.4 Å². The summed E-state index contributed by atoms with van der Waals surface area (Å²) >= 11 is 0. The predicted molar refractivity (Wildman–Crippen MR) is 82.5 cm³/mol. The molecule has 0 aromatic carbocycles. The second-order valence-electron chi connectivity index (χ2n) is 7.26. The van der Waals surface area contributed by atoms with E-state index in [-0.39, 0.29) is 17.9 Å². The summed E-state index contributed by atoms with van der Waals surface area (Å²) < 4.78 is 0. The molecule has 4 nitrogen and oxygen atoms in total. The van der Waals surface area contributed by atoms with Crippen LogP contribution in [0.5, 0.6) is 0 Å². The van der Waals surface area contributed by atoms with Crippen molar-refractivity contribution in [3.8, 4) is 0 Å². The Kier molecular flexibility index (Phi) is 6.96. The summed E-state index contributed by atoms with van der Waals surface area (Å²) in [5.74, 6) is 1.15. The van der Waals surface area contributed by atoms with Crippen LogP contribution in [-0.4, -0.2) is 36.8 Å². The zero-order valence-electron chi connectivity index (χ0n) is 13.5. The lowest BCUT2D eigenvalue weighted by molar-refractivity contribution is -0.126. The molecule has 118 valence electrons. The molecule has 1 saturated carbocycles. The Labute approximate surface area is 123 Å². The number of carbonyl (C=O) groups excluding carboxylic acids is 1. The second-order valence-corrected chi connectivity index (χ2v) is 7.26. The highest BCUT2D eigenvalue weighted by molar-refractivity contribution is 5.78. The molecule has 1 fully saturated rings. The van der Waals surface area contributed by atoms with Gasteiger partial charge in [-0.25, -0.2) is 0 Å². The van der Waals surface area contributed by atoms with Crippen LogP contribution in [0.15, 0.2) is 0 Å². The van der Waals surface area contributed by atoms with Crippen molar-refractivity contribution < 1.29 is 9.90 Å². The normalized spacial score (nSPS) is 25.2. The van der Waals surface area contributed by atoms with Crippen molar-refractivity contribution in [2.45, 2.75) is 59.5 Å². The van der Waals surface area contributed by atoms with E-state index in [0.29, 0.717) is 25.0 Å². The van der Waals surface area contributed by atoms with Crippen molar-refractivity contribution in [2.75, 3.05) is 19.6 Å². The van der Waals surface area contributed by atoms with Crippen molar-refractivity contribution in [2.24, 2.45) is 17.3 Å². The topological polar surface area (TPSA) is 61.4 Å². The summed E-state index contributed by atoms with van der Waals surface area (Å²) in [7, 11) is 0. The number of amides is 1. The van der Waals surface area contributed by atoms with Gasteiger partial charge in [-0.15, -0.1) is 0 Å². The average molecular weight is 284 g/mol. The quantitative estimate of drug-likeness (QED) is 0.653. The van der Waals surface area contributed by atoms with Gasteiger partial charge in [-0.1, -0.05) is 20.8 Å². The molecule has 3 N–H and O–H groups in total. The lowest BCUT2D eigenvalue weighted by Gasteiger charge is -2.36. The molecule has 20 heavy (non-hydrogen) atoms. The smallest absolute Gasteiger partial charge is 0.223 e. The Morgan fingerprint density at radius 3 is 2.30 bits per heavy atom. The zero-order valence-corrected chi connectivity index (χ0v) is 13.5. The van der Waals surface area contributed by atoms with Gasteiger partial charge in [-0.3, -0.25) is 4.79 Å². The van der Waals surface area contributed by atoms with Crippen molar-refractivity contribution in [1.82, 2.24) is 10.6 Å². The van der Waals surface area contributed by atoms with Crippen LogP contribution >= 0.6 is 0 Å². The van der Waals surface area contributed by atoms with Gasteiger partial charge in [-0.2, -0.15) is 0 Å². The highest BCUT2D eigenvalue weighted by atomic mass is 16.3. The molecule has 1 rings (SSSR count). The number of aliphatic hydroxyl groups excluding tert-OH is 1. The SMILES string of the molecule is CC(O)CNCCNC(=O)C1CCC(C(C)(C)C)CC1. The molecule has 1 aliphatic rings. The van der Waals surface area contributed by atoms with Gasteiger partial charge in [0.2, 0.25) is 5.91 Å². The first-order valence-electron chi connectivity index (χ1n) is 7.97. The highest BCUT2D eigenvalue weighted by Crippen LogP contribution is 2.39. The molecule has 0 radical (unpaired) electrons. The minimum atomic E-state index is -0.335. The van der Waals surface area contributed by atoms with Crippen LogP contribution in [0.1, 0.15) is 53.4 Å². The largest absolute Gasteiger partial charge is 0.392 e. The Hall–Kier alpha value is -0.610. The minimum absolute atomic E-state index is 0.199. The third kappa shape index (κ3) is 6.23. The van der Waals surface area contributed by atoms with Crippen LogP contribution in [0, 0.1) is 17.3 Å². The Morgan fingerprint density at radius 2 is 1.80 bits per heavy atom. The molecular weight excluding hydrogens is 252 g/mol. The van der Waals surface area contributed by atoms with E-state index in [1.165, 1.54) is 12.8 Å². The van der Waals surface area contributed by atoms with Crippen molar-refractivity contribution in [3.63, 3.8) is 0 Å². The first-order valence-corrected chi connectivity index (χ1v) is 7.97. The Balaban J connectivity index is 2.16. The monoisotopic (exact) mass is 284 g/mol. The number of carbonyl (C=O) groups is 1. The van der Waals surface area contributed by atoms with Crippen molar-refractivity contribution >= 4 is 5.91 Å². The first kappa shape index (κ1) is 17.4. The molecule has 0 aromatic rings. The summed E-state index contributed by atoms with van der Waals surface area (Å²) in [5, 5.41) is 15.2. The summed E-state index contributed by atoms with van der Waals surface area (Å²) in [6, 6.07) is 0. The van der Waals surface area contributed by atoms with Gasteiger partial charge in [0.05, 0.1) is 6.10 Å². The molecular formula is C16H32N2O2. The predicted octanol–water partition coefficient (Wildman–Crippen LogP) is 1.93. The molecule has 1 amide bonds. The molecule has 0 spiro atoms. The molecule has 0 heterocycles. The van der Waals surface area contributed by atoms with Gasteiger partial charge in [-0.05, 0) is 43.9 Å². The van der Waals surface area contributed by atoms with Crippen LogP contribution in [-0.2, 0) is 4.79 Å². The molecule has 0 aromatic heterocycles. The molecule has 0 bridgehead atoms. The fraction of sp³-hybridized carbons (Fsp3) is 0.938. The summed E-state index contributed by atoms with van der Waals surface area (Å²) in [4.78, 5) is 12.1. The van der Waals surface area contributed by atoms with Gasteiger partial charge in [0.25, 0.3) is 0 Å². The zero-order chi connectivity index (χ0) is 15.2. The molecule has 1 unspecified atom stereocenters. The number of rotatable bonds is 6. The van der Waals surface area contributed by atoms with E-state index in [1.807, 2.05) is 0 Å². The maximum Gasteiger partial charge on any atom is 0.223 e. The minimum Gasteiger partial charge on any atom is -0.392 e. The molecule has 4 heteroatoms. The fourth-order valence-electron chi connectivity index (χ4n) is 2.95. The molecule has 1 atom stereocenters. The number of hydrogen-bond acceptors (Lipinski definition) is 3. The standard InChI is InChI=1S/C16H32N2O2/c1-12(19)11-17-9-10-18-15(20)13-5-7-14(8-6-13)16(2,3)4/h12-14,17,19H,5-11H2,1-4H3,(H,18,20). The lowest BCUT2D eigenvalue weighted by atomic mass is 9.70. The van der Waals surface area contributed by atoms with Crippen LogP contribution in [0.2, 0.25) is 0 Å². The second kappa shape index (κ2) is 7.99. The van der Waals surface area contributed by atoms with Crippen molar-refractivity contribution in [1.29, 1.82) is 0 Å². The van der Waals surface area contributed by atoms with E-state index in [1.54, 1.807) is 6.92 Å². The van der Waals surface area contributed by atoms with Crippen LogP contribution < -0.4 is 10.6 Å². The third-order valence-electron chi connectivity index (χ3n) is 4.36.